The number of carbonyl (C=O) groups is 1. The highest BCUT2D eigenvalue weighted by molar-refractivity contribution is 7.89. The predicted molar refractivity (Wildman–Crippen MR) is 122 cm³/mol. The first-order valence-electron chi connectivity index (χ1n) is 11.6. The van der Waals surface area contributed by atoms with Crippen molar-refractivity contribution in [1.82, 2.24) is 9.62 Å². The molecule has 6 nitrogen and oxygen atoms in total. The van der Waals surface area contributed by atoms with E-state index in [1.54, 1.807) is 6.07 Å². The fourth-order valence-electron chi connectivity index (χ4n) is 4.68. The van der Waals surface area contributed by atoms with Crippen molar-refractivity contribution in [3.63, 3.8) is 0 Å². The Morgan fingerprint density at radius 1 is 1.03 bits per heavy atom. The fourth-order valence-corrected chi connectivity index (χ4v) is 6.51. The molecule has 1 saturated carbocycles. The third-order valence-corrected chi connectivity index (χ3v) is 8.73. The average molecular weight is 471 g/mol. The summed E-state index contributed by atoms with van der Waals surface area (Å²) in [7, 11) is -2.33. The van der Waals surface area contributed by atoms with Gasteiger partial charge in [0, 0.05) is 31.5 Å². The van der Waals surface area contributed by atoms with E-state index in [2.05, 4.69) is 4.72 Å². The molecular weight excluding hydrogens is 436 g/mol. The van der Waals surface area contributed by atoms with Crippen molar-refractivity contribution in [2.75, 3.05) is 7.05 Å². The van der Waals surface area contributed by atoms with E-state index in [0.717, 1.165) is 38.5 Å². The Labute approximate surface area is 191 Å². The summed E-state index contributed by atoms with van der Waals surface area (Å²) in [5.74, 6) is -0.173. The van der Waals surface area contributed by atoms with Gasteiger partial charge in [-0.15, -0.1) is 0 Å². The molecule has 2 aliphatic rings. The van der Waals surface area contributed by atoms with Crippen LogP contribution in [-0.4, -0.2) is 37.4 Å². The lowest BCUT2D eigenvalue weighted by molar-refractivity contribution is -0.142. The van der Waals surface area contributed by atoms with Gasteiger partial charge in [-0.2, -0.15) is 0 Å². The monoisotopic (exact) mass is 470 g/mol. The maximum absolute atomic E-state index is 13.3. The number of nitrogens with one attached hydrogen (secondary N) is 1. The molecule has 1 unspecified atom stereocenters. The molecule has 1 atom stereocenters. The van der Waals surface area contributed by atoms with Crippen LogP contribution >= 0.6 is 11.6 Å². The lowest BCUT2D eigenvalue weighted by atomic mass is 9.98. The van der Waals surface area contributed by atoms with Gasteiger partial charge in [0.25, 0.3) is 0 Å². The molecule has 1 saturated heterocycles. The molecule has 1 aromatic rings. The summed E-state index contributed by atoms with van der Waals surface area (Å²) in [5, 5.41) is 11.1. The van der Waals surface area contributed by atoms with Crippen LogP contribution in [-0.2, 0) is 20.5 Å². The number of halogens is 1. The molecular formula is C23H35ClN2O4S. The summed E-state index contributed by atoms with van der Waals surface area (Å²) >= 11 is 6.28. The predicted octanol–water partition coefficient (Wildman–Crippen LogP) is 4.69. The molecule has 2 fully saturated rings. The summed E-state index contributed by atoms with van der Waals surface area (Å²) in [5.41, 5.74) is -1.15. The molecule has 1 aromatic carbocycles. The van der Waals surface area contributed by atoms with E-state index in [1.165, 1.54) is 56.2 Å². The minimum Gasteiger partial charge on any atom is -0.367 e. The molecule has 1 aliphatic carbocycles. The minimum absolute atomic E-state index is 0.0426. The van der Waals surface area contributed by atoms with E-state index in [1.807, 2.05) is 0 Å². The summed E-state index contributed by atoms with van der Waals surface area (Å²) in [6.45, 7) is 0. The van der Waals surface area contributed by atoms with Gasteiger partial charge in [0.15, 0.2) is 5.72 Å². The van der Waals surface area contributed by atoms with Gasteiger partial charge in [0.2, 0.25) is 15.9 Å². The third-order valence-electron chi connectivity index (χ3n) is 6.73. The molecule has 8 heteroatoms. The number of likely N-dealkylation sites (tertiary alicyclic amines) is 1. The minimum atomic E-state index is -3.86. The fraction of sp³-hybridized carbons (Fsp3) is 0.696. The van der Waals surface area contributed by atoms with Crippen molar-refractivity contribution in [3.8, 4) is 0 Å². The van der Waals surface area contributed by atoms with E-state index in [9.17, 15) is 18.3 Å². The Balaban J connectivity index is 1.79. The van der Waals surface area contributed by atoms with E-state index in [4.69, 9.17) is 11.6 Å². The van der Waals surface area contributed by atoms with Crippen molar-refractivity contribution in [2.45, 2.75) is 100 Å². The summed E-state index contributed by atoms with van der Waals surface area (Å²) in [6.07, 6.45) is 12.6. The number of hydrogen-bond acceptors (Lipinski definition) is 4. The van der Waals surface area contributed by atoms with Gasteiger partial charge >= 0.3 is 0 Å². The van der Waals surface area contributed by atoms with Gasteiger partial charge in [0.05, 0.1) is 5.02 Å². The van der Waals surface area contributed by atoms with Crippen LogP contribution in [0.5, 0.6) is 0 Å². The van der Waals surface area contributed by atoms with E-state index < -0.39 is 15.7 Å². The molecule has 1 aliphatic heterocycles. The molecule has 1 heterocycles. The first-order valence-corrected chi connectivity index (χ1v) is 13.4. The maximum Gasteiger partial charge on any atom is 0.242 e. The Morgan fingerprint density at radius 2 is 1.58 bits per heavy atom. The highest BCUT2D eigenvalue weighted by Crippen LogP contribution is 2.38. The molecule has 0 radical (unpaired) electrons. The Kier molecular flexibility index (Phi) is 8.41. The second-order valence-electron chi connectivity index (χ2n) is 8.99. The summed E-state index contributed by atoms with van der Waals surface area (Å²) in [6, 6.07) is 4.37. The summed E-state index contributed by atoms with van der Waals surface area (Å²) < 4.78 is 29.4. The topological polar surface area (TPSA) is 86.7 Å². The zero-order chi connectivity index (χ0) is 22.5. The van der Waals surface area contributed by atoms with Crippen LogP contribution in [0.25, 0.3) is 0 Å². The smallest absolute Gasteiger partial charge is 0.242 e. The molecule has 0 bridgehead atoms. The first-order chi connectivity index (χ1) is 14.7. The molecule has 3 rings (SSSR count). The molecule has 31 heavy (non-hydrogen) atoms. The number of nitrogens with zero attached hydrogens (tertiary/aromatic N) is 1. The molecule has 174 valence electrons. The zero-order valence-corrected chi connectivity index (χ0v) is 20.0. The lowest BCUT2D eigenvalue weighted by Crippen LogP contribution is -2.40. The van der Waals surface area contributed by atoms with E-state index in [-0.39, 0.29) is 34.7 Å². The highest BCUT2D eigenvalue weighted by Gasteiger charge is 2.43. The van der Waals surface area contributed by atoms with Crippen LogP contribution in [0, 0.1) is 0 Å². The lowest BCUT2D eigenvalue weighted by Gasteiger charge is -2.31. The molecule has 0 spiro atoms. The summed E-state index contributed by atoms with van der Waals surface area (Å²) in [4.78, 5) is 13.2. The van der Waals surface area contributed by atoms with E-state index in [0.29, 0.717) is 5.56 Å². The van der Waals surface area contributed by atoms with Crippen molar-refractivity contribution < 1.29 is 18.3 Å². The van der Waals surface area contributed by atoms with E-state index >= 15 is 0 Å². The van der Waals surface area contributed by atoms with Crippen LogP contribution < -0.4 is 4.72 Å². The van der Waals surface area contributed by atoms with Crippen LogP contribution in [0.1, 0.15) is 89.0 Å². The van der Waals surface area contributed by atoms with Crippen LogP contribution in [0.2, 0.25) is 5.02 Å². The molecule has 2 N–H and O–H groups in total. The second kappa shape index (κ2) is 10.6. The normalized spacial score (nSPS) is 25.3. The number of aliphatic hydroxyl groups is 1. The van der Waals surface area contributed by atoms with Crippen molar-refractivity contribution in [2.24, 2.45) is 0 Å². The van der Waals surface area contributed by atoms with Crippen molar-refractivity contribution >= 4 is 27.5 Å². The third kappa shape index (κ3) is 6.01. The number of carbonyl (C=O) groups excluding carboxylic acids is 1. The van der Waals surface area contributed by atoms with Crippen molar-refractivity contribution in [1.29, 1.82) is 0 Å². The Bertz CT molecular complexity index is 864. The zero-order valence-electron chi connectivity index (χ0n) is 18.4. The number of hydrogen-bond donors (Lipinski definition) is 2. The number of benzene rings is 1. The standard InChI is InChI=1S/C23H35ClN2O4S/c1-26-22(27)15-16-23(26,28)18-13-14-20(24)21(17-18)31(29,30)25-19-11-9-7-5-3-2-4-6-8-10-12-19/h13-14,17,19,25,28H,2-12,15-16H2,1H3. The maximum atomic E-state index is 13.3. The largest absolute Gasteiger partial charge is 0.367 e. The van der Waals surface area contributed by atoms with Gasteiger partial charge in [-0.1, -0.05) is 75.5 Å². The van der Waals surface area contributed by atoms with Crippen LogP contribution in [0.3, 0.4) is 0 Å². The quantitative estimate of drug-likeness (QED) is 0.668. The average Bonchev–Trinajstić information content (AvgIpc) is 2.98. The molecule has 1 amide bonds. The second-order valence-corrected chi connectivity index (χ2v) is 11.1. The van der Waals surface area contributed by atoms with Gasteiger partial charge in [-0.3, -0.25) is 4.79 Å². The van der Waals surface area contributed by atoms with Crippen LogP contribution in [0.4, 0.5) is 0 Å². The van der Waals surface area contributed by atoms with Crippen LogP contribution in [0.15, 0.2) is 23.1 Å². The Hall–Kier alpha value is -1.15. The van der Waals surface area contributed by atoms with Gasteiger partial charge in [0.1, 0.15) is 4.90 Å². The first kappa shape index (κ1) is 24.5. The number of rotatable bonds is 4. The van der Waals surface area contributed by atoms with Gasteiger partial charge in [-0.25, -0.2) is 13.1 Å². The van der Waals surface area contributed by atoms with Gasteiger partial charge in [-0.05, 0) is 25.0 Å². The van der Waals surface area contributed by atoms with Crippen molar-refractivity contribution in [3.05, 3.63) is 28.8 Å². The highest BCUT2D eigenvalue weighted by atomic mass is 35.5. The SMILES string of the molecule is CN1C(=O)CCC1(O)c1ccc(Cl)c(S(=O)(=O)NC2CCCCCCCCCCC2)c1. The number of amides is 1. The van der Waals surface area contributed by atoms with Gasteiger partial charge < -0.3 is 10.0 Å². The Morgan fingerprint density at radius 3 is 2.10 bits per heavy atom. The number of sulfonamides is 1. The molecule has 0 aromatic heterocycles.